The van der Waals surface area contributed by atoms with Gasteiger partial charge in [0.15, 0.2) is 0 Å². The molecule has 1 aromatic carbocycles. The molecule has 3 heterocycles. The Bertz CT molecular complexity index is 1040. The van der Waals surface area contributed by atoms with Crippen LogP contribution in [0.25, 0.3) is 11.1 Å². The van der Waals surface area contributed by atoms with E-state index in [0.717, 1.165) is 25.6 Å². The molecule has 0 aliphatic carbocycles. The molecule has 0 unspecified atom stereocenters. The van der Waals surface area contributed by atoms with Crippen LogP contribution in [-0.4, -0.2) is 47.2 Å². The molecular formula is C23H28N4O3. The number of aromatic nitrogens is 2. The standard InChI is InChI=1S/C23H28N4O3/c1-15-8-10-27(11-9-15)12-13-29-20-7-5-4-6-19(20)25-22(28)18-14-16(2)24-23-21(18)17(3)26-30-23/h4-7,14-15H,8-13H2,1-3H3,(H,25,28). The molecule has 158 valence electrons. The number of carbonyl (C=O) groups excluding carboxylic acids is 1. The fourth-order valence-electron chi connectivity index (χ4n) is 3.85. The summed E-state index contributed by atoms with van der Waals surface area (Å²) in [6.07, 6.45) is 2.49. The molecule has 7 heteroatoms. The molecule has 4 rings (SSSR count). The first-order valence-corrected chi connectivity index (χ1v) is 10.5. The topological polar surface area (TPSA) is 80.5 Å². The lowest BCUT2D eigenvalue weighted by Gasteiger charge is -2.30. The van der Waals surface area contributed by atoms with Crippen LogP contribution in [0.5, 0.6) is 5.75 Å². The zero-order valence-corrected chi connectivity index (χ0v) is 17.8. The van der Waals surface area contributed by atoms with Gasteiger partial charge in [-0.25, -0.2) is 4.98 Å². The molecule has 0 atom stereocenters. The van der Waals surface area contributed by atoms with Crippen LogP contribution in [0.15, 0.2) is 34.9 Å². The third kappa shape index (κ3) is 4.46. The zero-order valence-electron chi connectivity index (χ0n) is 17.8. The van der Waals surface area contributed by atoms with E-state index in [1.54, 1.807) is 13.0 Å². The van der Waals surface area contributed by atoms with Crippen LogP contribution in [0.4, 0.5) is 5.69 Å². The lowest BCUT2D eigenvalue weighted by molar-refractivity contribution is 0.102. The molecule has 0 bridgehead atoms. The first kappa shape index (κ1) is 20.3. The number of hydrogen-bond acceptors (Lipinski definition) is 6. The van der Waals surface area contributed by atoms with Crippen molar-refractivity contribution in [1.82, 2.24) is 15.0 Å². The molecular weight excluding hydrogens is 380 g/mol. The summed E-state index contributed by atoms with van der Waals surface area (Å²) in [7, 11) is 0. The maximum atomic E-state index is 13.1. The van der Waals surface area contributed by atoms with Crippen LogP contribution in [0, 0.1) is 19.8 Å². The van der Waals surface area contributed by atoms with E-state index in [1.165, 1.54) is 12.8 Å². The van der Waals surface area contributed by atoms with Gasteiger partial charge in [-0.1, -0.05) is 24.2 Å². The van der Waals surface area contributed by atoms with Gasteiger partial charge in [0, 0.05) is 12.2 Å². The molecule has 0 saturated carbocycles. The molecule has 0 radical (unpaired) electrons. The molecule has 7 nitrogen and oxygen atoms in total. The Labute approximate surface area is 176 Å². The smallest absolute Gasteiger partial charge is 0.258 e. The molecule has 2 aromatic heterocycles. The summed E-state index contributed by atoms with van der Waals surface area (Å²) in [5, 5.41) is 7.56. The SMILES string of the molecule is Cc1cc(C(=O)Nc2ccccc2OCCN2CCC(C)CC2)c2c(C)noc2n1. The maximum absolute atomic E-state index is 13.1. The number of anilines is 1. The van der Waals surface area contributed by atoms with Crippen molar-refractivity contribution in [3.05, 3.63) is 47.3 Å². The van der Waals surface area contributed by atoms with Crippen LogP contribution in [0.3, 0.4) is 0 Å². The first-order valence-electron chi connectivity index (χ1n) is 10.5. The Morgan fingerprint density at radius 3 is 2.83 bits per heavy atom. The minimum Gasteiger partial charge on any atom is -0.490 e. The van der Waals surface area contributed by atoms with Crippen LogP contribution in [0.2, 0.25) is 0 Å². The molecule has 1 saturated heterocycles. The third-order valence-electron chi connectivity index (χ3n) is 5.67. The Balaban J connectivity index is 1.45. The highest BCUT2D eigenvalue weighted by atomic mass is 16.5. The second-order valence-corrected chi connectivity index (χ2v) is 8.08. The number of carbonyl (C=O) groups is 1. The number of para-hydroxylation sites is 2. The number of amides is 1. The van der Waals surface area contributed by atoms with Crippen LogP contribution < -0.4 is 10.1 Å². The highest BCUT2D eigenvalue weighted by Gasteiger charge is 2.19. The molecule has 1 aliphatic heterocycles. The zero-order chi connectivity index (χ0) is 21.1. The van der Waals surface area contributed by atoms with Crippen LogP contribution >= 0.6 is 0 Å². The number of hydrogen-bond donors (Lipinski definition) is 1. The average Bonchev–Trinajstić information content (AvgIpc) is 3.10. The van der Waals surface area contributed by atoms with Crippen molar-refractivity contribution in [2.45, 2.75) is 33.6 Å². The number of rotatable bonds is 6. The van der Waals surface area contributed by atoms with Crippen molar-refractivity contribution in [3.8, 4) is 5.75 Å². The van der Waals surface area contributed by atoms with Crippen LogP contribution in [-0.2, 0) is 0 Å². The monoisotopic (exact) mass is 408 g/mol. The largest absolute Gasteiger partial charge is 0.490 e. The lowest BCUT2D eigenvalue weighted by atomic mass is 9.99. The minimum atomic E-state index is -0.238. The normalized spacial score (nSPS) is 15.4. The van der Waals surface area contributed by atoms with Crippen LogP contribution in [0.1, 0.15) is 41.5 Å². The van der Waals surface area contributed by atoms with Gasteiger partial charge < -0.3 is 14.6 Å². The Morgan fingerprint density at radius 2 is 2.03 bits per heavy atom. The fraction of sp³-hybridized carbons (Fsp3) is 0.435. The summed E-state index contributed by atoms with van der Waals surface area (Å²) < 4.78 is 11.3. The fourth-order valence-corrected chi connectivity index (χ4v) is 3.85. The van der Waals surface area contributed by atoms with E-state index in [0.29, 0.717) is 46.1 Å². The Hall–Kier alpha value is -2.93. The molecule has 3 aromatic rings. The van der Waals surface area contributed by atoms with E-state index in [-0.39, 0.29) is 5.91 Å². The summed E-state index contributed by atoms with van der Waals surface area (Å²) in [5.74, 6) is 1.24. The van der Waals surface area contributed by atoms with Crippen molar-refractivity contribution in [3.63, 3.8) is 0 Å². The number of aryl methyl sites for hydroxylation is 2. The summed E-state index contributed by atoms with van der Waals surface area (Å²) in [6.45, 7) is 9.66. The van der Waals surface area contributed by atoms with Gasteiger partial charge in [-0.05, 0) is 63.9 Å². The summed E-state index contributed by atoms with van der Waals surface area (Å²) in [6, 6.07) is 9.27. The van der Waals surface area contributed by atoms with Gasteiger partial charge in [0.1, 0.15) is 12.4 Å². The Morgan fingerprint density at radius 1 is 1.27 bits per heavy atom. The van der Waals surface area contributed by atoms with E-state index < -0.39 is 0 Å². The van der Waals surface area contributed by atoms with E-state index >= 15 is 0 Å². The molecule has 1 amide bonds. The van der Waals surface area contributed by atoms with Gasteiger partial charge in [-0.3, -0.25) is 9.69 Å². The van der Waals surface area contributed by atoms with Crippen molar-refractivity contribution in [1.29, 1.82) is 0 Å². The van der Waals surface area contributed by atoms with Gasteiger partial charge in [0.25, 0.3) is 11.6 Å². The molecule has 1 N–H and O–H groups in total. The predicted molar refractivity (Wildman–Crippen MR) is 116 cm³/mol. The van der Waals surface area contributed by atoms with Gasteiger partial charge in [0.05, 0.1) is 22.3 Å². The highest BCUT2D eigenvalue weighted by molar-refractivity contribution is 6.12. The third-order valence-corrected chi connectivity index (χ3v) is 5.67. The van der Waals surface area contributed by atoms with Crippen molar-refractivity contribution >= 4 is 22.7 Å². The first-order chi connectivity index (χ1) is 14.5. The maximum Gasteiger partial charge on any atom is 0.258 e. The van der Waals surface area contributed by atoms with Crippen molar-refractivity contribution in [2.75, 3.05) is 31.6 Å². The van der Waals surface area contributed by atoms with Crippen molar-refractivity contribution in [2.24, 2.45) is 5.92 Å². The number of piperidine rings is 1. The van der Waals surface area contributed by atoms with Gasteiger partial charge in [0.2, 0.25) is 0 Å². The Kier molecular flexibility index (Phi) is 5.99. The number of nitrogens with zero attached hydrogens (tertiary/aromatic N) is 3. The quantitative estimate of drug-likeness (QED) is 0.658. The van der Waals surface area contributed by atoms with Gasteiger partial charge in [-0.15, -0.1) is 0 Å². The number of benzene rings is 1. The molecule has 1 fully saturated rings. The number of ether oxygens (including phenoxy) is 1. The second-order valence-electron chi connectivity index (χ2n) is 8.08. The summed E-state index contributed by atoms with van der Waals surface area (Å²) in [4.78, 5) is 19.8. The summed E-state index contributed by atoms with van der Waals surface area (Å²) in [5.41, 5.74) is 2.85. The van der Waals surface area contributed by atoms with Gasteiger partial charge >= 0.3 is 0 Å². The molecule has 30 heavy (non-hydrogen) atoms. The van der Waals surface area contributed by atoms with E-state index in [1.807, 2.05) is 31.2 Å². The number of fused-ring (bicyclic) bond motifs is 1. The molecule has 1 aliphatic rings. The number of nitrogens with one attached hydrogen (secondary N) is 1. The summed E-state index contributed by atoms with van der Waals surface area (Å²) >= 11 is 0. The van der Waals surface area contributed by atoms with E-state index in [4.69, 9.17) is 9.26 Å². The van der Waals surface area contributed by atoms with E-state index in [2.05, 4.69) is 27.3 Å². The predicted octanol–water partition coefficient (Wildman–Crippen LogP) is 4.20. The lowest BCUT2D eigenvalue weighted by Crippen LogP contribution is -2.35. The van der Waals surface area contributed by atoms with E-state index in [9.17, 15) is 4.79 Å². The average molecular weight is 409 g/mol. The number of likely N-dealkylation sites (tertiary alicyclic amines) is 1. The molecule has 0 spiro atoms. The van der Waals surface area contributed by atoms with Crippen molar-refractivity contribution < 1.29 is 14.1 Å². The highest BCUT2D eigenvalue weighted by Crippen LogP contribution is 2.27. The van der Waals surface area contributed by atoms with Gasteiger partial charge in [-0.2, -0.15) is 0 Å². The minimum absolute atomic E-state index is 0.238. The second kappa shape index (κ2) is 8.83. The number of pyridine rings is 1.